The molecule has 1 aromatic heterocycles. The molecule has 1 saturated heterocycles. The van der Waals surface area contributed by atoms with Gasteiger partial charge in [-0.3, -0.25) is 9.58 Å². The predicted molar refractivity (Wildman–Crippen MR) is 72.0 cm³/mol. The Morgan fingerprint density at radius 1 is 1.40 bits per heavy atom. The normalized spacial score (nSPS) is 23.9. The van der Waals surface area contributed by atoms with E-state index in [2.05, 4.69) is 16.1 Å². The van der Waals surface area contributed by atoms with E-state index < -0.39 is 0 Å². The fourth-order valence-electron chi connectivity index (χ4n) is 2.80. The first kappa shape index (κ1) is 13.6. The molecule has 3 heterocycles. The van der Waals surface area contributed by atoms with Gasteiger partial charge in [-0.15, -0.1) is 0 Å². The second-order valence-corrected chi connectivity index (χ2v) is 5.34. The summed E-state index contributed by atoms with van der Waals surface area (Å²) in [6, 6.07) is 4.02. The number of hydrogen-bond acceptors (Lipinski definition) is 5. The van der Waals surface area contributed by atoms with Gasteiger partial charge in [0, 0.05) is 26.2 Å². The fourth-order valence-corrected chi connectivity index (χ4v) is 2.80. The molecule has 2 aliphatic heterocycles. The number of nitrogens with zero attached hydrogens (tertiary/aromatic N) is 4. The Morgan fingerprint density at radius 2 is 2.35 bits per heavy atom. The Morgan fingerprint density at radius 3 is 3.15 bits per heavy atom. The maximum Gasteiger partial charge on any atom is 0.162 e. The first-order valence-corrected chi connectivity index (χ1v) is 7.23. The van der Waals surface area contributed by atoms with Gasteiger partial charge in [-0.25, -0.2) is 0 Å². The van der Waals surface area contributed by atoms with Crippen LogP contribution in [-0.4, -0.2) is 53.7 Å². The summed E-state index contributed by atoms with van der Waals surface area (Å²) in [5.74, 6) is 0. The van der Waals surface area contributed by atoms with Crippen molar-refractivity contribution in [2.24, 2.45) is 0 Å². The minimum Gasteiger partial charge on any atom is -0.376 e. The largest absolute Gasteiger partial charge is 0.376 e. The molecule has 1 aromatic rings. The number of ether oxygens (including phenoxy) is 2. The molecule has 6 heteroatoms. The SMILES string of the molecule is N#Cc1cc2n(n1)CCCN(CCC1COCCO1)C2. The maximum absolute atomic E-state index is 8.93. The highest BCUT2D eigenvalue weighted by Crippen LogP contribution is 2.15. The Kier molecular flexibility index (Phi) is 4.31. The third-order valence-corrected chi connectivity index (χ3v) is 3.86. The van der Waals surface area contributed by atoms with Gasteiger partial charge in [0.1, 0.15) is 6.07 Å². The number of nitriles is 1. The van der Waals surface area contributed by atoms with E-state index in [1.807, 2.05) is 10.7 Å². The van der Waals surface area contributed by atoms with Crippen molar-refractivity contribution in [2.75, 3.05) is 32.9 Å². The van der Waals surface area contributed by atoms with Crippen LogP contribution in [0.15, 0.2) is 6.07 Å². The van der Waals surface area contributed by atoms with Crippen LogP contribution in [0.1, 0.15) is 24.2 Å². The van der Waals surface area contributed by atoms with E-state index in [-0.39, 0.29) is 6.10 Å². The van der Waals surface area contributed by atoms with Crippen molar-refractivity contribution in [1.82, 2.24) is 14.7 Å². The van der Waals surface area contributed by atoms with Crippen LogP contribution in [0.4, 0.5) is 0 Å². The minimum absolute atomic E-state index is 0.228. The highest BCUT2D eigenvalue weighted by Gasteiger charge is 2.19. The van der Waals surface area contributed by atoms with Crippen molar-refractivity contribution in [3.8, 4) is 6.07 Å². The second-order valence-electron chi connectivity index (χ2n) is 5.34. The van der Waals surface area contributed by atoms with Crippen LogP contribution >= 0.6 is 0 Å². The molecule has 0 amide bonds. The smallest absolute Gasteiger partial charge is 0.162 e. The fraction of sp³-hybridized carbons (Fsp3) is 0.714. The van der Waals surface area contributed by atoms with Crippen LogP contribution in [0.5, 0.6) is 0 Å². The molecule has 0 radical (unpaired) electrons. The predicted octanol–water partition coefficient (Wildman–Crippen LogP) is 0.766. The summed E-state index contributed by atoms with van der Waals surface area (Å²) in [4.78, 5) is 2.42. The molecule has 20 heavy (non-hydrogen) atoms. The summed E-state index contributed by atoms with van der Waals surface area (Å²) in [5, 5.41) is 13.2. The molecule has 0 saturated carbocycles. The van der Waals surface area contributed by atoms with Crippen LogP contribution < -0.4 is 0 Å². The quantitative estimate of drug-likeness (QED) is 0.816. The van der Waals surface area contributed by atoms with E-state index in [0.717, 1.165) is 51.3 Å². The lowest BCUT2D eigenvalue weighted by molar-refractivity contribution is -0.0928. The third kappa shape index (κ3) is 3.18. The molecular formula is C14H20N4O2. The van der Waals surface area contributed by atoms with Gasteiger partial charge in [0.25, 0.3) is 0 Å². The molecule has 3 rings (SSSR count). The molecule has 0 bridgehead atoms. The first-order chi connectivity index (χ1) is 9.85. The maximum atomic E-state index is 8.93. The first-order valence-electron chi connectivity index (χ1n) is 7.23. The van der Waals surface area contributed by atoms with Gasteiger partial charge in [-0.05, 0) is 18.9 Å². The summed E-state index contributed by atoms with van der Waals surface area (Å²) < 4.78 is 13.1. The number of aromatic nitrogens is 2. The standard InChI is InChI=1S/C14H20N4O2/c15-9-12-8-13-10-17(3-1-4-18(13)16-12)5-2-14-11-19-6-7-20-14/h8,14H,1-7,10-11H2. The highest BCUT2D eigenvalue weighted by molar-refractivity contribution is 5.22. The zero-order chi connectivity index (χ0) is 13.8. The lowest BCUT2D eigenvalue weighted by atomic mass is 10.2. The molecule has 2 aliphatic rings. The second kappa shape index (κ2) is 6.35. The lowest BCUT2D eigenvalue weighted by Gasteiger charge is -2.26. The van der Waals surface area contributed by atoms with Crippen LogP contribution in [0.2, 0.25) is 0 Å². The Balaban J connectivity index is 1.56. The zero-order valence-corrected chi connectivity index (χ0v) is 11.6. The van der Waals surface area contributed by atoms with Gasteiger partial charge < -0.3 is 9.47 Å². The molecule has 108 valence electrons. The van der Waals surface area contributed by atoms with Crippen molar-refractivity contribution in [1.29, 1.82) is 5.26 Å². The summed E-state index contributed by atoms with van der Waals surface area (Å²) >= 11 is 0. The van der Waals surface area contributed by atoms with E-state index in [4.69, 9.17) is 14.7 Å². The molecule has 6 nitrogen and oxygen atoms in total. The van der Waals surface area contributed by atoms with Gasteiger partial charge in [-0.2, -0.15) is 10.4 Å². The van der Waals surface area contributed by atoms with E-state index in [9.17, 15) is 0 Å². The van der Waals surface area contributed by atoms with Crippen molar-refractivity contribution < 1.29 is 9.47 Å². The van der Waals surface area contributed by atoms with Crippen molar-refractivity contribution in [2.45, 2.75) is 32.0 Å². The van der Waals surface area contributed by atoms with Crippen molar-refractivity contribution in [3.63, 3.8) is 0 Å². The molecule has 0 aliphatic carbocycles. The Hall–Kier alpha value is -1.42. The lowest BCUT2D eigenvalue weighted by Crippen LogP contribution is -2.33. The van der Waals surface area contributed by atoms with Gasteiger partial charge in [0.2, 0.25) is 0 Å². The van der Waals surface area contributed by atoms with E-state index in [1.165, 1.54) is 0 Å². The van der Waals surface area contributed by atoms with E-state index in [1.54, 1.807) is 0 Å². The summed E-state index contributed by atoms with van der Waals surface area (Å²) in [6.45, 7) is 5.97. The average Bonchev–Trinajstić information content (AvgIpc) is 2.78. The van der Waals surface area contributed by atoms with E-state index >= 15 is 0 Å². The van der Waals surface area contributed by atoms with Gasteiger partial charge in [-0.1, -0.05) is 0 Å². The number of rotatable bonds is 3. The molecule has 0 N–H and O–H groups in total. The minimum atomic E-state index is 0.228. The Labute approximate surface area is 118 Å². The number of aryl methyl sites for hydroxylation is 1. The molecule has 0 aromatic carbocycles. The van der Waals surface area contributed by atoms with Crippen molar-refractivity contribution in [3.05, 3.63) is 17.5 Å². The van der Waals surface area contributed by atoms with Crippen LogP contribution in [0.3, 0.4) is 0 Å². The van der Waals surface area contributed by atoms with Gasteiger partial charge >= 0.3 is 0 Å². The average molecular weight is 276 g/mol. The highest BCUT2D eigenvalue weighted by atomic mass is 16.6. The topological polar surface area (TPSA) is 63.3 Å². The molecular weight excluding hydrogens is 256 g/mol. The van der Waals surface area contributed by atoms with Crippen molar-refractivity contribution >= 4 is 0 Å². The molecule has 1 fully saturated rings. The van der Waals surface area contributed by atoms with E-state index in [0.29, 0.717) is 18.9 Å². The molecule has 0 spiro atoms. The van der Waals surface area contributed by atoms with Gasteiger partial charge in [0.15, 0.2) is 5.69 Å². The number of hydrogen-bond donors (Lipinski definition) is 0. The zero-order valence-electron chi connectivity index (χ0n) is 11.6. The Bertz CT molecular complexity index is 488. The summed E-state index contributed by atoms with van der Waals surface area (Å²) in [5.41, 5.74) is 1.66. The molecule has 1 unspecified atom stereocenters. The third-order valence-electron chi connectivity index (χ3n) is 3.86. The van der Waals surface area contributed by atoms with Crippen LogP contribution in [0, 0.1) is 11.3 Å². The molecule has 1 atom stereocenters. The van der Waals surface area contributed by atoms with Crippen LogP contribution in [-0.2, 0) is 22.6 Å². The summed E-state index contributed by atoms with van der Waals surface area (Å²) in [7, 11) is 0. The monoisotopic (exact) mass is 276 g/mol. The summed E-state index contributed by atoms with van der Waals surface area (Å²) in [6.07, 6.45) is 2.30. The van der Waals surface area contributed by atoms with Gasteiger partial charge in [0.05, 0.1) is 31.6 Å². The number of fused-ring (bicyclic) bond motifs is 1. The van der Waals surface area contributed by atoms with Crippen LogP contribution in [0.25, 0.3) is 0 Å².